The molecule has 0 radical (unpaired) electrons. The van der Waals surface area contributed by atoms with E-state index in [9.17, 15) is 4.39 Å². The molecular weight excluding hydrogens is 217 g/mol. The predicted molar refractivity (Wildman–Crippen MR) is 68.7 cm³/mol. The van der Waals surface area contributed by atoms with E-state index in [0.717, 1.165) is 18.7 Å². The molecule has 0 aliphatic heterocycles. The number of hydrogen-bond donors (Lipinski definition) is 1. The summed E-state index contributed by atoms with van der Waals surface area (Å²) < 4.78 is 18.8. The molecule has 1 aromatic carbocycles. The smallest absolute Gasteiger partial charge is 0.126 e. The summed E-state index contributed by atoms with van der Waals surface area (Å²) in [5.41, 5.74) is 0.671. The first-order chi connectivity index (χ1) is 7.99. The van der Waals surface area contributed by atoms with Crippen molar-refractivity contribution in [2.24, 2.45) is 0 Å². The van der Waals surface area contributed by atoms with Crippen molar-refractivity contribution >= 4 is 0 Å². The molecule has 1 rings (SSSR count). The Labute approximate surface area is 103 Å². The third-order valence-electron chi connectivity index (χ3n) is 2.34. The van der Waals surface area contributed by atoms with Gasteiger partial charge in [0.2, 0.25) is 0 Å². The molecule has 0 saturated carbocycles. The van der Waals surface area contributed by atoms with Gasteiger partial charge >= 0.3 is 0 Å². The van der Waals surface area contributed by atoms with Crippen molar-refractivity contribution in [3.05, 3.63) is 35.6 Å². The van der Waals surface area contributed by atoms with Gasteiger partial charge in [0.1, 0.15) is 5.82 Å². The number of halogens is 1. The number of hydrogen-bond acceptors (Lipinski definition) is 2. The molecule has 3 heteroatoms. The van der Waals surface area contributed by atoms with Crippen LogP contribution in [-0.4, -0.2) is 25.3 Å². The Morgan fingerprint density at radius 1 is 1.18 bits per heavy atom. The first-order valence-electron chi connectivity index (χ1n) is 6.07. The molecule has 0 unspecified atom stereocenters. The van der Waals surface area contributed by atoms with Crippen molar-refractivity contribution in [3.63, 3.8) is 0 Å². The Hall–Kier alpha value is -0.930. The lowest BCUT2D eigenvalue weighted by molar-refractivity contribution is -0.000711. The van der Waals surface area contributed by atoms with E-state index >= 15 is 0 Å². The number of ether oxygens (including phenoxy) is 1. The van der Waals surface area contributed by atoms with E-state index in [1.54, 1.807) is 6.07 Å². The van der Waals surface area contributed by atoms with Gasteiger partial charge in [0, 0.05) is 6.54 Å². The second kappa shape index (κ2) is 6.72. The van der Waals surface area contributed by atoms with E-state index in [2.05, 4.69) is 5.32 Å². The highest BCUT2D eigenvalue weighted by Crippen LogP contribution is 2.06. The van der Waals surface area contributed by atoms with Crippen LogP contribution in [0.25, 0.3) is 0 Å². The van der Waals surface area contributed by atoms with Gasteiger partial charge in [0.05, 0.1) is 12.2 Å². The van der Waals surface area contributed by atoms with Crippen LogP contribution in [-0.2, 0) is 11.2 Å². The van der Waals surface area contributed by atoms with Gasteiger partial charge in [-0.15, -0.1) is 0 Å². The summed E-state index contributed by atoms with van der Waals surface area (Å²) >= 11 is 0. The fourth-order valence-electron chi connectivity index (χ4n) is 1.48. The fraction of sp³-hybridized carbons (Fsp3) is 0.571. The maximum atomic E-state index is 13.3. The predicted octanol–water partition coefficient (Wildman–Crippen LogP) is 2.77. The minimum absolute atomic E-state index is 0.0901. The Balaban J connectivity index is 2.11. The molecule has 0 saturated heterocycles. The largest absolute Gasteiger partial charge is 0.375 e. The van der Waals surface area contributed by atoms with E-state index < -0.39 is 0 Å². The molecule has 0 aliphatic carbocycles. The summed E-state index contributed by atoms with van der Waals surface area (Å²) in [5.74, 6) is -0.125. The normalized spacial score (nSPS) is 11.8. The number of rotatable bonds is 6. The van der Waals surface area contributed by atoms with Gasteiger partial charge in [-0.1, -0.05) is 18.2 Å². The van der Waals surface area contributed by atoms with Crippen molar-refractivity contribution < 1.29 is 9.13 Å². The molecule has 2 nitrogen and oxygen atoms in total. The van der Waals surface area contributed by atoms with Crippen molar-refractivity contribution in [1.29, 1.82) is 0 Å². The van der Waals surface area contributed by atoms with Crippen molar-refractivity contribution in [1.82, 2.24) is 5.32 Å². The van der Waals surface area contributed by atoms with Crippen LogP contribution in [0, 0.1) is 5.82 Å². The molecule has 0 aromatic heterocycles. The average Bonchev–Trinajstić information content (AvgIpc) is 2.24. The van der Waals surface area contributed by atoms with Crippen molar-refractivity contribution in [3.8, 4) is 0 Å². The van der Waals surface area contributed by atoms with Crippen LogP contribution >= 0.6 is 0 Å². The Kier molecular flexibility index (Phi) is 5.59. The van der Waals surface area contributed by atoms with Crippen LogP contribution in [0.1, 0.15) is 26.3 Å². The highest BCUT2D eigenvalue weighted by Gasteiger charge is 2.08. The summed E-state index contributed by atoms with van der Waals surface area (Å²) in [6.45, 7) is 8.35. The van der Waals surface area contributed by atoms with E-state index in [4.69, 9.17) is 4.74 Å². The molecule has 0 bridgehead atoms. The molecule has 0 amide bonds. The second-order valence-corrected chi connectivity index (χ2v) is 5.05. The van der Waals surface area contributed by atoms with Gasteiger partial charge in [-0.25, -0.2) is 4.39 Å². The molecule has 1 N–H and O–H groups in total. The lowest BCUT2D eigenvalue weighted by Gasteiger charge is -2.19. The second-order valence-electron chi connectivity index (χ2n) is 5.05. The first-order valence-corrected chi connectivity index (χ1v) is 6.07. The highest BCUT2D eigenvalue weighted by atomic mass is 19.1. The van der Waals surface area contributed by atoms with Crippen LogP contribution < -0.4 is 5.32 Å². The van der Waals surface area contributed by atoms with E-state index in [1.807, 2.05) is 32.9 Å². The third-order valence-corrected chi connectivity index (χ3v) is 2.34. The fourth-order valence-corrected chi connectivity index (χ4v) is 1.48. The molecule has 0 aliphatic rings. The molecule has 0 heterocycles. The Morgan fingerprint density at radius 3 is 2.53 bits per heavy atom. The molecule has 0 spiro atoms. The molecule has 1 aromatic rings. The lowest BCUT2D eigenvalue weighted by atomic mass is 10.1. The van der Waals surface area contributed by atoms with Crippen molar-refractivity contribution in [2.45, 2.75) is 32.8 Å². The quantitative estimate of drug-likeness (QED) is 0.771. The summed E-state index contributed by atoms with van der Waals surface area (Å²) in [4.78, 5) is 0. The van der Waals surface area contributed by atoms with Crippen LogP contribution in [0.4, 0.5) is 4.39 Å². The van der Waals surface area contributed by atoms with Gasteiger partial charge in [0.25, 0.3) is 0 Å². The van der Waals surface area contributed by atoms with Crippen LogP contribution in [0.3, 0.4) is 0 Å². The van der Waals surface area contributed by atoms with E-state index in [-0.39, 0.29) is 11.4 Å². The van der Waals surface area contributed by atoms with Crippen LogP contribution in [0.5, 0.6) is 0 Å². The topological polar surface area (TPSA) is 21.3 Å². The van der Waals surface area contributed by atoms with Gasteiger partial charge in [-0.05, 0) is 45.4 Å². The zero-order valence-corrected chi connectivity index (χ0v) is 10.9. The molecule has 17 heavy (non-hydrogen) atoms. The zero-order chi connectivity index (χ0) is 12.7. The Bertz CT molecular complexity index is 333. The molecule has 0 fully saturated rings. The SMILES string of the molecule is CC(C)(C)OCCNCCc1ccccc1F. The van der Waals surface area contributed by atoms with Crippen LogP contribution in [0.2, 0.25) is 0 Å². The monoisotopic (exact) mass is 239 g/mol. The lowest BCUT2D eigenvalue weighted by Crippen LogP contribution is -2.27. The molecule has 96 valence electrons. The van der Waals surface area contributed by atoms with Gasteiger partial charge in [-0.2, -0.15) is 0 Å². The minimum Gasteiger partial charge on any atom is -0.375 e. The standard InChI is InChI=1S/C14H22FNO/c1-14(2,3)17-11-10-16-9-8-12-6-4-5-7-13(12)15/h4-7,16H,8-11H2,1-3H3. The number of nitrogens with one attached hydrogen (secondary N) is 1. The van der Waals surface area contributed by atoms with E-state index in [1.165, 1.54) is 6.07 Å². The van der Waals surface area contributed by atoms with Gasteiger partial charge in [0.15, 0.2) is 0 Å². The third kappa shape index (κ3) is 6.39. The van der Waals surface area contributed by atoms with Gasteiger partial charge < -0.3 is 10.1 Å². The summed E-state index contributed by atoms with van der Waals surface area (Å²) in [6.07, 6.45) is 0.711. The summed E-state index contributed by atoms with van der Waals surface area (Å²) in [5, 5.41) is 3.24. The Morgan fingerprint density at radius 2 is 1.88 bits per heavy atom. The van der Waals surface area contributed by atoms with Gasteiger partial charge in [-0.3, -0.25) is 0 Å². The summed E-state index contributed by atoms with van der Waals surface area (Å²) in [7, 11) is 0. The van der Waals surface area contributed by atoms with Crippen LogP contribution in [0.15, 0.2) is 24.3 Å². The van der Waals surface area contributed by atoms with Crippen molar-refractivity contribution in [2.75, 3.05) is 19.7 Å². The summed E-state index contributed by atoms with van der Waals surface area (Å²) in [6, 6.07) is 6.89. The maximum absolute atomic E-state index is 13.3. The molecular formula is C14H22FNO. The first kappa shape index (κ1) is 14.1. The maximum Gasteiger partial charge on any atom is 0.126 e. The number of benzene rings is 1. The minimum atomic E-state index is -0.125. The molecule has 0 atom stereocenters. The zero-order valence-electron chi connectivity index (χ0n) is 10.9. The van der Waals surface area contributed by atoms with E-state index in [0.29, 0.717) is 13.0 Å². The average molecular weight is 239 g/mol. The highest BCUT2D eigenvalue weighted by molar-refractivity contribution is 5.17.